The summed E-state index contributed by atoms with van der Waals surface area (Å²) < 4.78 is 0. The van der Waals surface area contributed by atoms with Crippen molar-refractivity contribution < 1.29 is 4.79 Å². The number of carbonyl (C=O) groups excluding carboxylic acids is 1. The Morgan fingerprint density at radius 2 is 1.95 bits per heavy atom. The van der Waals surface area contributed by atoms with Crippen molar-refractivity contribution in [2.45, 2.75) is 32.7 Å². The van der Waals surface area contributed by atoms with Crippen LogP contribution in [-0.2, 0) is 19.4 Å². The average Bonchev–Trinajstić information content (AvgIpc) is 3.02. The van der Waals surface area contributed by atoms with Gasteiger partial charge in [-0.3, -0.25) is 4.79 Å². The zero-order chi connectivity index (χ0) is 15.4. The zero-order valence-electron chi connectivity index (χ0n) is 13.0. The van der Waals surface area contributed by atoms with Gasteiger partial charge in [-0.1, -0.05) is 37.3 Å². The first-order valence-electron chi connectivity index (χ1n) is 8.00. The molecule has 0 saturated heterocycles. The summed E-state index contributed by atoms with van der Waals surface area (Å²) in [5, 5.41) is 6.39. The molecule has 0 bridgehead atoms. The van der Waals surface area contributed by atoms with Crippen LogP contribution in [0, 0.1) is 0 Å². The van der Waals surface area contributed by atoms with Gasteiger partial charge >= 0.3 is 0 Å². The van der Waals surface area contributed by atoms with Gasteiger partial charge in [0.2, 0.25) is 0 Å². The molecule has 3 nitrogen and oxygen atoms in total. The number of fused-ring (bicyclic) bond motifs is 1. The van der Waals surface area contributed by atoms with Crippen LogP contribution in [0.15, 0.2) is 42.5 Å². The standard InChI is InChI=1S/C19H22N2O/c1-2-20-13-15-7-3-4-12-18(15)21-19(22)17-11-6-9-14-8-5-10-16(14)17/h3-4,6-7,9,11-12,20H,2,5,8,10,13H2,1H3,(H,21,22). The van der Waals surface area contributed by atoms with Gasteiger partial charge in [0, 0.05) is 17.8 Å². The highest BCUT2D eigenvalue weighted by Crippen LogP contribution is 2.26. The highest BCUT2D eigenvalue weighted by atomic mass is 16.1. The molecule has 0 fully saturated rings. The normalized spacial score (nSPS) is 13.0. The van der Waals surface area contributed by atoms with Crippen molar-refractivity contribution in [3.63, 3.8) is 0 Å². The quantitative estimate of drug-likeness (QED) is 0.885. The summed E-state index contributed by atoms with van der Waals surface area (Å²) in [5.41, 5.74) is 5.39. The maximum atomic E-state index is 12.7. The lowest BCUT2D eigenvalue weighted by Gasteiger charge is -2.13. The van der Waals surface area contributed by atoms with Crippen LogP contribution in [0.4, 0.5) is 5.69 Å². The van der Waals surface area contributed by atoms with Crippen LogP contribution in [-0.4, -0.2) is 12.5 Å². The van der Waals surface area contributed by atoms with Crippen LogP contribution in [0.1, 0.15) is 40.4 Å². The number of anilines is 1. The van der Waals surface area contributed by atoms with Crippen molar-refractivity contribution in [1.29, 1.82) is 0 Å². The molecule has 114 valence electrons. The van der Waals surface area contributed by atoms with Crippen LogP contribution in [0.25, 0.3) is 0 Å². The zero-order valence-corrected chi connectivity index (χ0v) is 13.0. The molecule has 1 amide bonds. The lowest BCUT2D eigenvalue weighted by molar-refractivity contribution is 0.102. The maximum Gasteiger partial charge on any atom is 0.255 e. The highest BCUT2D eigenvalue weighted by molar-refractivity contribution is 6.06. The molecule has 0 saturated carbocycles. The van der Waals surface area contributed by atoms with Gasteiger partial charge in [-0.2, -0.15) is 0 Å². The topological polar surface area (TPSA) is 41.1 Å². The minimum atomic E-state index is 0.00250. The van der Waals surface area contributed by atoms with E-state index in [0.29, 0.717) is 0 Å². The van der Waals surface area contributed by atoms with Crippen molar-refractivity contribution in [2.24, 2.45) is 0 Å². The molecular weight excluding hydrogens is 272 g/mol. The van der Waals surface area contributed by atoms with Gasteiger partial charge in [-0.15, -0.1) is 0 Å². The number of amides is 1. The van der Waals surface area contributed by atoms with Crippen molar-refractivity contribution in [2.75, 3.05) is 11.9 Å². The maximum absolute atomic E-state index is 12.7. The van der Waals surface area contributed by atoms with Crippen LogP contribution in [0.3, 0.4) is 0 Å². The molecule has 1 aliphatic rings. The van der Waals surface area contributed by atoms with Crippen molar-refractivity contribution >= 4 is 11.6 Å². The molecule has 0 radical (unpaired) electrons. The van der Waals surface area contributed by atoms with Crippen LogP contribution in [0.5, 0.6) is 0 Å². The van der Waals surface area contributed by atoms with E-state index in [4.69, 9.17) is 0 Å². The number of hydrogen-bond donors (Lipinski definition) is 2. The molecule has 0 aliphatic heterocycles. The third-order valence-electron chi connectivity index (χ3n) is 4.22. The number of hydrogen-bond acceptors (Lipinski definition) is 2. The van der Waals surface area contributed by atoms with Crippen LogP contribution >= 0.6 is 0 Å². The second-order valence-corrected chi connectivity index (χ2v) is 5.69. The minimum Gasteiger partial charge on any atom is -0.322 e. The summed E-state index contributed by atoms with van der Waals surface area (Å²) in [6.07, 6.45) is 3.25. The highest BCUT2D eigenvalue weighted by Gasteiger charge is 2.19. The smallest absolute Gasteiger partial charge is 0.255 e. The summed E-state index contributed by atoms with van der Waals surface area (Å²) in [7, 11) is 0. The van der Waals surface area contributed by atoms with Gasteiger partial charge in [-0.25, -0.2) is 0 Å². The molecule has 0 heterocycles. The minimum absolute atomic E-state index is 0.00250. The van der Waals surface area contributed by atoms with E-state index in [0.717, 1.165) is 49.2 Å². The molecule has 22 heavy (non-hydrogen) atoms. The van der Waals surface area contributed by atoms with Gasteiger partial charge in [0.15, 0.2) is 0 Å². The molecule has 0 atom stereocenters. The van der Waals surface area contributed by atoms with E-state index in [1.54, 1.807) is 0 Å². The molecule has 2 aromatic rings. The summed E-state index contributed by atoms with van der Waals surface area (Å²) in [4.78, 5) is 12.7. The third kappa shape index (κ3) is 3.04. The SMILES string of the molecule is CCNCc1ccccc1NC(=O)c1cccc2c1CCC2. The fourth-order valence-electron chi connectivity index (χ4n) is 3.08. The molecule has 3 heteroatoms. The lowest BCUT2D eigenvalue weighted by atomic mass is 10.0. The molecule has 2 N–H and O–H groups in total. The van der Waals surface area contributed by atoms with E-state index in [9.17, 15) is 4.79 Å². The van der Waals surface area contributed by atoms with Crippen molar-refractivity contribution in [3.05, 3.63) is 64.7 Å². The Hall–Kier alpha value is -2.13. The third-order valence-corrected chi connectivity index (χ3v) is 4.22. The molecule has 3 rings (SSSR count). The number of nitrogens with one attached hydrogen (secondary N) is 2. The van der Waals surface area contributed by atoms with Gasteiger partial charge in [0.05, 0.1) is 0 Å². The van der Waals surface area contributed by atoms with Crippen molar-refractivity contribution in [3.8, 4) is 0 Å². The lowest BCUT2D eigenvalue weighted by Crippen LogP contribution is -2.18. The Morgan fingerprint density at radius 3 is 2.82 bits per heavy atom. The molecule has 2 aromatic carbocycles. The summed E-state index contributed by atoms with van der Waals surface area (Å²) >= 11 is 0. The largest absolute Gasteiger partial charge is 0.322 e. The first-order valence-corrected chi connectivity index (χ1v) is 8.00. The Balaban J connectivity index is 1.82. The molecule has 0 unspecified atom stereocenters. The van der Waals surface area contributed by atoms with E-state index in [1.807, 2.05) is 36.4 Å². The van der Waals surface area contributed by atoms with Crippen LogP contribution < -0.4 is 10.6 Å². The fraction of sp³-hybridized carbons (Fsp3) is 0.316. The Labute approximate surface area is 131 Å². The molecular formula is C19H22N2O. The fourth-order valence-corrected chi connectivity index (χ4v) is 3.08. The Morgan fingerprint density at radius 1 is 1.09 bits per heavy atom. The van der Waals surface area contributed by atoms with E-state index >= 15 is 0 Å². The Kier molecular flexibility index (Phi) is 4.54. The molecule has 0 spiro atoms. The summed E-state index contributed by atoms with van der Waals surface area (Å²) in [6.45, 7) is 3.75. The second-order valence-electron chi connectivity index (χ2n) is 5.69. The number of rotatable bonds is 5. The number of para-hydroxylation sites is 1. The van der Waals surface area contributed by atoms with E-state index in [1.165, 1.54) is 11.1 Å². The first kappa shape index (κ1) is 14.8. The summed E-state index contributed by atoms with van der Waals surface area (Å²) in [6, 6.07) is 14.0. The van der Waals surface area contributed by atoms with E-state index in [2.05, 4.69) is 23.6 Å². The molecule has 0 aromatic heterocycles. The predicted molar refractivity (Wildman–Crippen MR) is 90.2 cm³/mol. The van der Waals surface area contributed by atoms with Gasteiger partial charge in [-0.05, 0) is 54.6 Å². The van der Waals surface area contributed by atoms with E-state index < -0.39 is 0 Å². The van der Waals surface area contributed by atoms with Gasteiger partial charge in [0.1, 0.15) is 0 Å². The second kappa shape index (κ2) is 6.75. The number of aryl methyl sites for hydroxylation is 1. The van der Waals surface area contributed by atoms with Gasteiger partial charge in [0.25, 0.3) is 5.91 Å². The number of benzene rings is 2. The average molecular weight is 294 g/mol. The van der Waals surface area contributed by atoms with E-state index in [-0.39, 0.29) is 5.91 Å². The molecule has 1 aliphatic carbocycles. The predicted octanol–water partition coefficient (Wildman–Crippen LogP) is 3.54. The summed E-state index contributed by atoms with van der Waals surface area (Å²) in [5.74, 6) is 0.00250. The Bertz CT molecular complexity index is 679. The van der Waals surface area contributed by atoms with Crippen LogP contribution in [0.2, 0.25) is 0 Å². The number of carbonyl (C=O) groups is 1. The van der Waals surface area contributed by atoms with Crippen molar-refractivity contribution in [1.82, 2.24) is 5.32 Å². The first-order chi connectivity index (χ1) is 10.8. The van der Waals surface area contributed by atoms with Gasteiger partial charge < -0.3 is 10.6 Å². The monoisotopic (exact) mass is 294 g/mol.